The highest BCUT2D eigenvalue weighted by atomic mass is 19.4. The second-order valence-corrected chi connectivity index (χ2v) is 3.19. The number of rotatable bonds is 3. The van der Waals surface area contributed by atoms with Crippen molar-refractivity contribution in [1.82, 2.24) is 0 Å². The summed E-state index contributed by atoms with van der Waals surface area (Å²) in [5.74, 6) is -0.375. The predicted octanol–water partition coefficient (Wildman–Crippen LogP) is 1.13. The average Bonchev–Trinajstić information content (AvgIpc) is 2.17. The van der Waals surface area contributed by atoms with Crippen LogP contribution in [0.25, 0.3) is 0 Å². The zero-order valence-corrected chi connectivity index (χ0v) is 8.29. The van der Waals surface area contributed by atoms with Crippen LogP contribution in [0.4, 0.5) is 18.9 Å². The van der Waals surface area contributed by atoms with Gasteiger partial charge in [-0.3, -0.25) is 0 Å². The highest BCUT2D eigenvalue weighted by Crippen LogP contribution is 2.30. The number of hydrogen-bond acceptors (Lipinski definition) is 4. The smallest absolute Gasteiger partial charge is 0.405 e. The van der Waals surface area contributed by atoms with E-state index in [0.717, 1.165) is 6.07 Å². The molecular formula is C9H12F3N3O. The van der Waals surface area contributed by atoms with Crippen molar-refractivity contribution >= 4 is 5.69 Å². The number of hydrogen-bond donors (Lipinski definition) is 3. The molecule has 0 aliphatic rings. The van der Waals surface area contributed by atoms with E-state index in [1.54, 1.807) is 0 Å². The van der Waals surface area contributed by atoms with Gasteiger partial charge in [0.2, 0.25) is 0 Å². The number of alkyl halides is 3. The molecule has 90 valence electrons. The molecule has 0 saturated heterocycles. The molecule has 1 aromatic carbocycles. The van der Waals surface area contributed by atoms with Crippen molar-refractivity contribution in [2.24, 2.45) is 11.5 Å². The van der Waals surface area contributed by atoms with Crippen LogP contribution < -0.4 is 21.9 Å². The molecular weight excluding hydrogens is 223 g/mol. The van der Waals surface area contributed by atoms with Gasteiger partial charge in [0.05, 0.1) is 0 Å². The third-order valence-electron chi connectivity index (χ3n) is 1.91. The van der Waals surface area contributed by atoms with E-state index < -0.39 is 12.4 Å². The molecule has 0 aliphatic heterocycles. The Labute approximate surface area is 90.2 Å². The predicted molar refractivity (Wildman–Crippen MR) is 53.5 cm³/mol. The Kier molecular flexibility index (Phi) is 3.61. The van der Waals surface area contributed by atoms with Gasteiger partial charge in [0.15, 0.2) is 0 Å². The standard InChI is InChI=1S/C9H12F3N3O/c10-9(11,12)16-8-2-1-5(14)3-6(8)7(15)4-13/h1-3,7H,4,13-15H2/t7-/m1/s1. The van der Waals surface area contributed by atoms with Gasteiger partial charge in [-0.05, 0) is 18.2 Å². The molecule has 0 saturated carbocycles. The Morgan fingerprint density at radius 2 is 1.94 bits per heavy atom. The summed E-state index contributed by atoms with van der Waals surface area (Å²) >= 11 is 0. The van der Waals surface area contributed by atoms with Gasteiger partial charge in [-0.2, -0.15) is 0 Å². The fourth-order valence-electron chi connectivity index (χ4n) is 1.20. The lowest BCUT2D eigenvalue weighted by molar-refractivity contribution is -0.274. The minimum atomic E-state index is -4.76. The largest absolute Gasteiger partial charge is 0.573 e. The summed E-state index contributed by atoms with van der Waals surface area (Å²) in [5.41, 5.74) is 16.7. The zero-order chi connectivity index (χ0) is 12.3. The molecule has 7 heteroatoms. The summed E-state index contributed by atoms with van der Waals surface area (Å²) in [5, 5.41) is 0. The highest BCUT2D eigenvalue weighted by Gasteiger charge is 2.32. The molecule has 0 bridgehead atoms. The van der Waals surface area contributed by atoms with Crippen LogP contribution in [0.3, 0.4) is 0 Å². The molecule has 6 N–H and O–H groups in total. The SMILES string of the molecule is NC[C@@H](N)c1cc(N)ccc1OC(F)(F)F. The second-order valence-electron chi connectivity index (χ2n) is 3.19. The fourth-order valence-corrected chi connectivity index (χ4v) is 1.20. The van der Waals surface area contributed by atoms with Gasteiger partial charge in [-0.15, -0.1) is 13.2 Å². The molecule has 1 atom stereocenters. The highest BCUT2D eigenvalue weighted by molar-refractivity contribution is 5.49. The molecule has 0 aromatic heterocycles. The van der Waals surface area contributed by atoms with Gasteiger partial charge in [-0.25, -0.2) is 0 Å². The molecule has 1 aromatic rings. The van der Waals surface area contributed by atoms with E-state index in [1.807, 2.05) is 0 Å². The first-order chi connectivity index (χ1) is 7.33. The number of ether oxygens (including phenoxy) is 1. The molecule has 0 amide bonds. The first kappa shape index (κ1) is 12.6. The lowest BCUT2D eigenvalue weighted by Crippen LogP contribution is -2.24. The zero-order valence-electron chi connectivity index (χ0n) is 8.29. The quantitative estimate of drug-likeness (QED) is 0.685. The minimum absolute atomic E-state index is 0.00231. The lowest BCUT2D eigenvalue weighted by atomic mass is 10.1. The van der Waals surface area contributed by atoms with Gasteiger partial charge in [0.1, 0.15) is 5.75 Å². The maximum absolute atomic E-state index is 12.1. The Bertz CT molecular complexity index is 368. The van der Waals surface area contributed by atoms with Crippen LogP contribution in [0.1, 0.15) is 11.6 Å². The van der Waals surface area contributed by atoms with E-state index >= 15 is 0 Å². The van der Waals surface area contributed by atoms with Crippen LogP contribution in [0.15, 0.2) is 18.2 Å². The number of nitrogens with two attached hydrogens (primary N) is 3. The van der Waals surface area contributed by atoms with Crippen LogP contribution in [-0.4, -0.2) is 12.9 Å². The summed E-state index contributed by atoms with van der Waals surface area (Å²) < 4.78 is 40.0. The minimum Gasteiger partial charge on any atom is -0.405 e. The van der Waals surface area contributed by atoms with Crippen molar-refractivity contribution in [1.29, 1.82) is 0 Å². The molecule has 0 heterocycles. The molecule has 16 heavy (non-hydrogen) atoms. The van der Waals surface area contributed by atoms with Crippen LogP contribution in [-0.2, 0) is 0 Å². The van der Waals surface area contributed by atoms with Crippen molar-refractivity contribution in [2.75, 3.05) is 12.3 Å². The Morgan fingerprint density at radius 1 is 1.31 bits per heavy atom. The number of anilines is 1. The molecule has 0 aliphatic carbocycles. The molecule has 0 spiro atoms. The van der Waals surface area contributed by atoms with Crippen molar-refractivity contribution in [3.63, 3.8) is 0 Å². The van der Waals surface area contributed by atoms with Crippen molar-refractivity contribution in [3.05, 3.63) is 23.8 Å². The van der Waals surface area contributed by atoms with Crippen molar-refractivity contribution < 1.29 is 17.9 Å². The van der Waals surface area contributed by atoms with Crippen molar-refractivity contribution in [2.45, 2.75) is 12.4 Å². The first-order valence-corrected chi connectivity index (χ1v) is 4.44. The van der Waals surface area contributed by atoms with Gasteiger partial charge >= 0.3 is 6.36 Å². The van der Waals surface area contributed by atoms with Crippen LogP contribution in [0, 0.1) is 0 Å². The topological polar surface area (TPSA) is 87.3 Å². The normalized spacial score (nSPS) is 13.6. The molecule has 0 fully saturated rings. The Morgan fingerprint density at radius 3 is 2.44 bits per heavy atom. The molecule has 1 rings (SSSR count). The van der Waals surface area contributed by atoms with Crippen LogP contribution in [0.2, 0.25) is 0 Å². The lowest BCUT2D eigenvalue weighted by Gasteiger charge is -2.17. The van der Waals surface area contributed by atoms with E-state index in [2.05, 4.69) is 4.74 Å². The Hall–Kier alpha value is -1.47. The fraction of sp³-hybridized carbons (Fsp3) is 0.333. The summed E-state index contributed by atoms with van der Waals surface area (Å²) in [6, 6.07) is 2.99. The summed E-state index contributed by atoms with van der Waals surface area (Å²) in [6.45, 7) is -0.00231. The molecule has 0 unspecified atom stereocenters. The summed E-state index contributed by atoms with van der Waals surface area (Å²) in [6.07, 6.45) is -4.76. The van der Waals surface area contributed by atoms with E-state index in [4.69, 9.17) is 17.2 Å². The molecule has 4 nitrogen and oxygen atoms in total. The van der Waals surface area contributed by atoms with Gasteiger partial charge in [-0.1, -0.05) is 0 Å². The van der Waals surface area contributed by atoms with E-state index in [9.17, 15) is 13.2 Å². The number of nitrogen functional groups attached to an aromatic ring is 1. The van der Waals surface area contributed by atoms with Gasteiger partial charge < -0.3 is 21.9 Å². The molecule has 0 radical (unpaired) electrons. The average molecular weight is 235 g/mol. The first-order valence-electron chi connectivity index (χ1n) is 4.44. The third-order valence-corrected chi connectivity index (χ3v) is 1.91. The van der Waals surface area contributed by atoms with E-state index in [0.29, 0.717) is 5.69 Å². The maximum atomic E-state index is 12.1. The van der Waals surface area contributed by atoms with Gasteiger partial charge in [0.25, 0.3) is 0 Å². The van der Waals surface area contributed by atoms with Gasteiger partial charge in [0, 0.05) is 23.8 Å². The van der Waals surface area contributed by atoms with Crippen molar-refractivity contribution in [3.8, 4) is 5.75 Å². The van der Waals surface area contributed by atoms with E-state index in [1.165, 1.54) is 12.1 Å². The Balaban J connectivity index is 3.07. The van der Waals surface area contributed by atoms with Crippen LogP contribution in [0.5, 0.6) is 5.75 Å². The monoisotopic (exact) mass is 235 g/mol. The number of halogens is 3. The number of benzene rings is 1. The summed E-state index contributed by atoms with van der Waals surface area (Å²) in [4.78, 5) is 0. The third kappa shape index (κ3) is 3.28. The van der Waals surface area contributed by atoms with E-state index in [-0.39, 0.29) is 17.9 Å². The maximum Gasteiger partial charge on any atom is 0.573 e. The van der Waals surface area contributed by atoms with Crippen LogP contribution >= 0.6 is 0 Å². The summed E-state index contributed by atoms with van der Waals surface area (Å²) in [7, 11) is 0. The second kappa shape index (κ2) is 4.58.